The number of carbonyl (C=O) groups excluding carboxylic acids is 1. The van der Waals surface area contributed by atoms with E-state index in [-0.39, 0.29) is 49.2 Å². The summed E-state index contributed by atoms with van der Waals surface area (Å²) in [6.45, 7) is 0.959. The summed E-state index contributed by atoms with van der Waals surface area (Å²) in [5, 5.41) is 16.4. The van der Waals surface area contributed by atoms with E-state index in [1.165, 1.54) is 11.1 Å². The predicted molar refractivity (Wildman–Crippen MR) is 102 cm³/mol. The SMILES string of the molecule is NCC(=O)N1CCN(c2c(F)cc(-n3cc(CN(S)C(=O)O)nn3)cc2F)CC1. The van der Waals surface area contributed by atoms with Crippen LogP contribution in [-0.2, 0) is 11.3 Å². The molecule has 0 saturated carbocycles. The average molecular weight is 427 g/mol. The minimum atomic E-state index is -1.27. The minimum Gasteiger partial charge on any atom is -0.464 e. The maximum absolute atomic E-state index is 14.7. The fraction of sp³-hybridized carbons (Fsp3) is 0.375. The van der Waals surface area contributed by atoms with Crippen molar-refractivity contribution in [2.24, 2.45) is 5.73 Å². The lowest BCUT2D eigenvalue weighted by Crippen LogP contribution is -2.50. The second kappa shape index (κ2) is 8.61. The molecule has 1 aliphatic heterocycles. The third kappa shape index (κ3) is 4.56. The van der Waals surface area contributed by atoms with Crippen LogP contribution < -0.4 is 10.6 Å². The lowest BCUT2D eigenvalue weighted by molar-refractivity contribution is -0.129. The number of benzene rings is 1. The van der Waals surface area contributed by atoms with Gasteiger partial charge in [-0.15, -0.1) is 5.10 Å². The second-order valence-electron chi connectivity index (χ2n) is 6.32. The van der Waals surface area contributed by atoms with Crippen molar-refractivity contribution >= 4 is 30.5 Å². The van der Waals surface area contributed by atoms with Gasteiger partial charge in [0.25, 0.3) is 0 Å². The maximum Gasteiger partial charge on any atom is 0.417 e. The molecule has 1 saturated heterocycles. The highest BCUT2D eigenvalue weighted by Crippen LogP contribution is 2.27. The summed E-state index contributed by atoms with van der Waals surface area (Å²) in [5.74, 6) is -1.76. The van der Waals surface area contributed by atoms with E-state index in [1.54, 1.807) is 4.90 Å². The quantitative estimate of drug-likeness (QED) is 0.594. The molecule has 2 aromatic rings. The van der Waals surface area contributed by atoms with Crippen molar-refractivity contribution in [1.82, 2.24) is 24.2 Å². The number of nitrogens with two attached hydrogens (primary N) is 1. The lowest BCUT2D eigenvalue weighted by Gasteiger charge is -2.36. The number of carboxylic acid groups (broad SMARTS) is 1. The number of carbonyl (C=O) groups is 2. The number of anilines is 1. The number of rotatable bonds is 5. The van der Waals surface area contributed by atoms with Crippen LogP contribution in [0.15, 0.2) is 18.3 Å². The van der Waals surface area contributed by atoms with Gasteiger partial charge in [-0.2, -0.15) is 0 Å². The molecule has 1 fully saturated rings. The van der Waals surface area contributed by atoms with Crippen LogP contribution in [0.3, 0.4) is 0 Å². The molecule has 1 aromatic heterocycles. The smallest absolute Gasteiger partial charge is 0.417 e. The highest BCUT2D eigenvalue weighted by atomic mass is 32.1. The molecule has 1 aromatic carbocycles. The summed E-state index contributed by atoms with van der Waals surface area (Å²) in [4.78, 5) is 25.5. The van der Waals surface area contributed by atoms with Gasteiger partial charge in [-0.3, -0.25) is 4.79 Å². The molecule has 0 aliphatic carbocycles. The van der Waals surface area contributed by atoms with E-state index >= 15 is 0 Å². The van der Waals surface area contributed by atoms with Crippen LogP contribution in [0, 0.1) is 11.6 Å². The van der Waals surface area contributed by atoms with Gasteiger partial charge < -0.3 is 20.6 Å². The predicted octanol–water partition coefficient (Wildman–Crippen LogP) is 0.478. The molecule has 0 spiro atoms. The van der Waals surface area contributed by atoms with Crippen LogP contribution in [0.5, 0.6) is 0 Å². The van der Waals surface area contributed by atoms with E-state index in [0.29, 0.717) is 17.4 Å². The van der Waals surface area contributed by atoms with Gasteiger partial charge in [0, 0.05) is 38.3 Å². The van der Waals surface area contributed by atoms with Gasteiger partial charge in [0.2, 0.25) is 5.91 Å². The molecule has 0 atom stereocenters. The summed E-state index contributed by atoms with van der Waals surface area (Å²) < 4.78 is 31.2. The van der Waals surface area contributed by atoms with Gasteiger partial charge >= 0.3 is 6.09 Å². The Morgan fingerprint density at radius 1 is 1.21 bits per heavy atom. The molecular formula is C16H19F2N7O3S. The Hall–Kier alpha value is -2.93. The monoisotopic (exact) mass is 427 g/mol. The van der Waals surface area contributed by atoms with E-state index in [4.69, 9.17) is 10.8 Å². The van der Waals surface area contributed by atoms with Gasteiger partial charge in [0.15, 0.2) is 11.6 Å². The molecule has 2 heterocycles. The van der Waals surface area contributed by atoms with Crippen molar-refractivity contribution in [2.45, 2.75) is 6.54 Å². The van der Waals surface area contributed by atoms with Crippen molar-refractivity contribution in [1.29, 1.82) is 0 Å². The van der Waals surface area contributed by atoms with Crippen molar-refractivity contribution < 1.29 is 23.5 Å². The number of halogens is 2. The zero-order valence-electron chi connectivity index (χ0n) is 15.2. The first-order chi connectivity index (χ1) is 13.8. The van der Waals surface area contributed by atoms with Crippen molar-refractivity contribution in [3.63, 3.8) is 0 Å². The van der Waals surface area contributed by atoms with Crippen molar-refractivity contribution in [3.05, 3.63) is 35.7 Å². The Labute approximate surface area is 170 Å². The summed E-state index contributed by atoms with van der Waals surface area (Å²) in [5.41, 5.74) is 5.51. The highest BCUT2D eigenvalue weighted by Gasteiger charge is 2.25. The number of hydrogen-bond acceptors (Lipinski definition) is 7. The molecule has 0 bridgehead atoms. The normalized spacial score (nSPS) is 14.2. The number of aromatic nitrogens is 3. The molecule has 3 rings (SSSR count). The first-order valence-electron chi connectivity index (χ1n) is 8.63. The maximum atomic E-state index is 14.7. The van der Waals surface area contributed by atoms with Gasteiger partial charge in [-0.1, -0.05) is 18.0 Å². The van der Waals surface area contributed by atoms with E-state index in [1.807, 2.05) is 0 Å². The van der Waals surface area contributed by atoms with Crippen LogP contribution in [0.25, 0.3) is 5.69 Å². The number of piperazine rings is 1. The van der Waals surface area contributed by atoms with Crippen LogP contribution in [0.1, 0.15) is 5.69 Å². The van der Waals surface area contributed by atoms with Crippen molar-refractivity contribution in [3.8, 4) is 5.69 Å². The molecule has 0 unspecified atom stereocenters. The van der Waals surface area contributed by atoms with Crippen molar-refractivity contribution in [2.75, 3.05) is 37.6 Å². The molecule has 1 aliphatic rings. The topological polar surface area (TPSA) is 121 Å². The highest BCUT2D eigenvalue weighted by molar-refractivity contribution is 7.78. The summed E-state index contributed by atoms with van der Waals surface area (Å²) >= 11 is 3.76. The number of nitrogens with zero attached hydrogens (tertiary/aromatic N) is 6. The Kier molecular flexibility index (Phi) is 6.17. The standard InChI is InChI=1S/C16H19F2N7O3S/c17-12-5-11(24-8-10(20-21-24)9-25(29)16(27)28)6-13(18)15(12)23-3-1-22(2-4-23)14(26)7-19/h5-6,8,29H,1-4,7,9,19H2,(H,27,28). The van der Waals surface area contributed by atoms with Crippen LogP contribution in [-0.4, -0.2) is 74.0 Å². The van der Waals surface area contributed by atoms with Crippen LogP contribution >= 0.6 is 12.8 Å². The lowest BCUT2D eigenvalue weighted by atomic mass is 10.2. The van der Waals surface area contributed by atoms with E-state index in [0.717, 1.165) is 16.8 Å². The van der Waals surface area contributed by atoms with Crippen LogP contribution in [0.2, 0.25) is 0 Å². The first kappa shape index (κ1) is 20.8. The molecule has 0 radical (unpaired) electrons. The molecule has 10 nitrogen and oxygen atoms in total. The average Bonchev–Trinajstić information content (AvgIpc) is 3.15. The number of amides is 2. The second-order valence-corrected chi connectivity index (χ2v) is 6.81. The van der Waals surface area contributed by atoms with Crippen LogP contribution in [0.4, 0.5) is 19.3 Å². The molecule has 3 N–H and O–H groups in total. The molecule has 29 heavy (non-hydrogen) atoms. The Balaban J connectivity index is 1.76. The minimum absolute atomic E-state index is 0.0977. The molecule has 156 valence electrons. The molecule has 2 amide bonds. The van der Waals surface area contributed by atoms with Gasteiger partial charge in [0.1, 0.15) is 11.4 Å². The Morgan fingerprint density at radius 3 is 2.38 bits per heavy atom. The van der Waals surface area contributed by atoms with E-state index in [2.05, 4.69) is 23.1 Å². The zero-order chi connectivity index (χ0) is 21.1. The van der Waals surface area contributed by atoms with Gasteiger partial charge in [-0.25, -0.2) is 22.6 Å². The van der Waals surface area contributed by atoms with Gasteiger partial charge in [-0.05, 0) is 0 Å². The summed E-state index contributed by atoms with van der Waals surface area (Å²) in [6, 6.07) is 2.23. The third-order valence-corrected chi connectivity index (χ3v) is 4.78. The van der Waals surface area contributed by atoms with E-state index in [9.17, 15) is 18.4 Å². The summed E-state index contributed by atoms with van der Waals surface area (Å²) in [7, 11) is 0. The Morgan fingerprint density at radius 2 is 1.83 bits per heavy atom. The molecule has 13 heteroatoms. The van der Waals surface area contributed by atoms with E-state index < -0.39 is 17.7 Å². The summed E-state index contributed by atoms with van der Waals surface area (Å²) in [6.07, 6.45) is 0.0923. The zero-order valence-corrected chi connectivity index (χ0v) is 16.1. The van der Waals surface area contributed by atoms with Gasteiger partial charge in [0.05, 0.1) is 25.0 Å². The first-order valence-corrected chi connectivity index (χ1v) is 9.03. The largest absolute Gasteiger partial charge is 0.464 e. The Bertz CT molecular complexity index is 895. The fourth-order valence-electron chi connectivity index (χ4n) is 3.01. The number of thiol groups is 1. The fourth-order valence-corrected chi connectivity index (χ4v) is 3.16. The third-order valence-electron chi connectivity index (χ3n) is 4.46. The number of hydrogen-bond donors (Lipinski definition) is 3. The molecular weight excluding hydrogens is 408 g/mol.